The van der Waals surface area contributed by atoms with Gasteiger partial charge < -0.3 is 5.32 Å². The third-order valence-electron chi connectivity index (χ3n) is 3.35. The molecule has 1 N–H and O–H groups in total. The maximum absolute atomic E-state index is 11.9. The molecule has 118 valence electrons. The van der Waals surface area contributed by atoms with E-state index in [1.807, 2.05) is 48.5 Å². The Morgan fingerprint density at radius 3 is 2.75 bits per heavy atom. The van der Waals surface area contributed by atoms with Crippen molar-refractivity contribution in [3.8, 4) is 11.3 Å². The molecule has 0 saturated heterocycles. The van der Waals surface area contributed by atoms with Crippen molar-refractivity contribution in [1.29, 1.82) is 0 Å². The number of carbonyl (C=O) groups is 1. The Morgan fingerprint density at radius 1 is 1.08 bits per heavy atom. The molecule has 0 aliphatic rings. The number of hydrogen-bond donors (Lipinski definition) is 1. The number of amides is 1. The second-order valence-corrected chi connectivity index (χ2v) is 5.10. The molecule has 0 bridgehead atoms. The number of pyridine rings is 1. The van der Waals surface area contributed by atoms with Gasteiger partial charge in [0.2, 0.25) is 5.91 Å². The molecule has 5 heteroatoms. The van der Waals surface area contributed by atoms with E-state index in [2.05, 4.69) is 20.3 Å². The lowest BCUT2D eigenvalue weighted by molar-refractivity contribution is -0.116. The normalized spacial score (nSPS) is 10.7. The van der Waals surface area contributed by atoms with Crippen LogP contribution < -0.4 is 5.32 Å². The topological polar surface area (TPSA) is 67.8 Å². The number of nitrogens with zero attached hydrogens (tertiary/aromatic N) is 3. The Bertz CT molecular complexity index is 832. The van der Waals surface area contributed by atoms with Crippen LogP contribution in [0.4, 0.5) is 0 Å². The fraction of sp³-hybridized carbons (Fsp3) is 0.0526. The van der Waals surface area contributed by atoms with Gasteiger partial charge in [-0.3, -0.25) is 9.78 Å². The molecule has 0 atom stereocenters. The minimum absolute atomic E-state index is 0.182. The fourth-order valence-corrected chi connectivity index (χ4v) is 2.14. The highest BCUT2D eigenvalue weighted by atomic mass is 16.1. The SMILES string of the molecule is O=C(/C=C/c1cccnc1)NCc1cc(-c2ccccc2)ncn1. The summed E-state index contributed by atoms with van der Waals surface area (Å²) in [5, 5.41) is 2.81. The van der Waals surface area contributed by atoms with Crippen LogP contribution in [0.2, 0.25) is 0 Å². The first-order chi connectivity index (χ1) is 11.8. The van der Waals surface area contributed by atoms with E-state index in [1.165, 1.54) is 12.4 Å². The molecule has 3 rings (SSSR count). The van der Waals surface area contributed by atoms with Crippen LogP contribution in [0, 0.1) is 0 Å². The zero-order valence-corrected chi connectivity index (χ0v) is 13.0. The van der Waals surface area contributed by atoms with Gasteiger partial charge >= 0.3 is 0 Å². The van der Waals surface area contributed by atoms with Crippen LogP contribution in [0.25, 0.3) is 17.3 Å². The molecule has 0 spiro atoms. The van der Waals surface area contributed by atoms with Crippen LogP contribution in [0.3, 0.4) is 0 Å². The fourth-order valence-electron chi connectivity index (χ4n) is 2.14. The highest BCUT2D eigenvalue weighted by molar-refractivity contribution is 5.91. The van der Waals surface area contributed by atoms with E-state index in [-0.39, 0.29) is 5.91 Å². The van der Waals surface area contributed by atoms with E-state index in [9.17, 15) is 4.79 Å². The average molecular weight is 316 g/mol. The van der Waals surface area contributed by atoms with Gasteiger partial charge in [-0.1, -0.05) is 36.4 Å². The van der Waals surface area contributed by atoms with Crippen molar-refractivity contribution >= 4 is 12.0 Å². The van der Waals surface area contributed by atoms with Gasteiger partial charge in [0.15, 0.2) is 0 Å². The van der Waals surface area contributed by atoms with Gasteiger partial charge in [-0.15, -0.1) is 0 Å². The predicted octanol–water partition coefficient (Wildman–Crippen LogP) is 2.87. The van der Waals surface area contributed by atoms with Crippen LogP contribution >= 0.6 is 0 Å². The maximum atomic E-state index is 11.9. The molecule has 0 radical (unpaired) electrons. The first-order valence-corrected chi connectivity index (χ1v) is 7.53. The van der Waals surface area contributed by atoms with Crippen molar-refractivity contribution in [1.82, 2.24) is 20.3 Å². The summed E-state index contributed by atoms with van der Waals surface area (Å²) in [5.41, 5.74) is 3.48. The van der Waals surface area contributed by atoms with Gasteiger partial charge in [-0.05, 0) is 23.8 Å². The molecule has 0 aliphatic heterocycles. The van der Waals surface area contributed by atoms with Crippen molar-refractivity contribution in [3.63, 3.8) is 0 Å². The lowest BCUT2D eigenvalue weighted by Crippen LogP contribution is -2.20. The second-order valence-electron chi connectivity index (χ2n) is 5.10. The Labute approximate surface area is 140 Å². The summed E-state index contributed by atoms with van der Waals surface area (Å²) in [4.78, 5) is 24.3. The molecular formula is C19H16N4O. The van der Waals surface area contributed by atoms with Gasteiger partial charge in [0.1, 0.15) is 6.33 Å². The average Bonchev–Trinajstić information content (AvgIpc) is 2.66. The van der Waals surface area contributed by atoms with Gasteiger partial charge in [-0.25, -0.2) is 9.97 Å². The number of benzene rings is 1. The maximum Gasteiger partial charge on any atom is 0.244 e. The molecule has 2 aromatic heterocycles. The third kappa shape index (κ3) is 4.33. The van der Waals surface area contributed by atoms with Gasteiger partial charge in [0.25, 0.3) is 0 Å². The summed E-state index contributed by atoms with van der Waals surface area (Å²) in [6.45, 7) is 0.346. The van der Waals surface area contributed by atoms with E-state index in [1.54, 1.807) is 18.5 Å². The summed E-state index contributed by atoms with van der Waals surface area (Å²) in [5.74, 6) is -0.182. The first kappa shape index (κ1) is 15.6. The van der Waals surface area contributed by atoms with Gasteiger partial charge in [0, 0.05) is 24.0 Å². The van der Waals surface area contributed by atoms with E-state index < -0.39 is 0 Å². The molecule has 0 saturated carbocycles. The quantitative estimate of drug-likeness (QED) is 0.735. The Hall–Kier alpha value is -3.34. The minimum atomic E-state index is -0.182. The van der Waals surface area contributed by atoms with Crippen LogP contribution in [-0.2, 0) is 11.3 Å². The minimum Gasteiger partial charge on any atom is -0.347 e. The summed E-state index contributed by atoms with van der Waals surface area (Å²) in [6.07, 6.45) is 8.10. The number of carbonyl (C=O) groups excluding carboxylic acids is 1. The molecule has 0 aliphatic carbocycles. The molecule has 1 amide bonds. The van der Waals surface area contributed by atoms with Crippen LogP contribution in [0.1, 0.15) is 11.3 Å². The van der Waals surface area contributed by atoms with E-state index in [4.69, 9.17) is 0 Å². The number of nitrogens with one attached hydrogen (secondary N) is 1. The van der Waals surface area contributed by atoms with E-state index in [0.717, 1.165) is 22.5 Å². The molecule has 1 aromatic carbocycles. The lowest BCUT2D eigenvalue weighted by Gasteiger charge is -2.04. The highest BCUT2D eigenvalue weighted by Gasteiger charge is 2.03. The molecule has 0 unspecified atom stereocenters. The van der Waals surface area contributed by atoms with Crippen molar-refractivity contribution in [2.75, 3.05) is 0 Å². The van der Waals surface area contributed by atoms with Crippen molar-refractivity contribution in [3.05, 3.63) is 84.6 Å². The molecule has 0 fully saturated rings. The standard InChI is InChI=1S/C19H16N4O/c24-19(9-8-15-5-4-10-20-12-15)21-13-17-11-18(23-14-22-17)16-6-2-1-3-7-16/h1-12,14H,13H2,(H,21,24)/b9-8+. The summed E-state index contributed by atoms with van der Waals surface area (Å²) in [7, 11) is 0. The van der Waals surface area contributed by atoms with Crippen LogP contribution in [0.15, 0.2) is 73.3 Å². The second kappa shape index (κ2) is 7.78. The monoisotopic (exact) mass is 316 g/mol. The Morgan fingerprint density at radius 2 is 1.96 bits per heavy atom. The van der Waals surface area contributed by atoms with Crippen molar-refractivity contribution in [2.45, 2.75) is 6.54 Å². The lowest BCUT2D eigenvalue weighted by atomic mass is 10.1. The number of aromatic nitrogens is 3. The predicted molar refractivity (Wildman–Crippen MR) is 92.6 cm³/mol. The molecule has 3 aromatic rings. The zero-order valence-electron chi connectivity index (χ0n) is 13.0. The van der Waals surface area contributed by atoms with Gasteiger partial charge in [-0.2, -0.15) is 0 Å². The Kier molecular flexibility index (Phi) is 5.04. The van der Waals surface area contributed by atoms with Crippen molar-refractivity contribution in [2.24, 2.45) is 0 Å². The van der Waals surface area contributed by atoms with E-state index in [0.29, 0.717) is 6.54 Å². The zero-order chi connectivity index (χ0) is 16.6. The summed E-state index contributed by atoms with van der Waals surface area (Å²) < 4.78 is 0. The van der Waals surface area contributed by atoms with E-state index >= 15 is 0 Å². The van der Waals surface area contributed by atoms with Crippen LogP contribution in [-0.4, -0.2) is 20.9 Å². The first-order valence-electron chi connectivity index (χ1n) is 7.53. The smallest absolute Gasteiger partial charge is 0.244 e. The molecule has 5 nitrogen and oxygen atoms in total. The largest absolute Gasteiger partial charge is 0.347 e. The third-order valence-corrected chi connectivity index (χ3v) is 3.35. The molecule has 2 heterocycles. The van der Waals surface area contributed by atoms with Gasteiger partial charge in [0.05, 0.1) is 17.9 Å². The summed E-state index contributed by atoms with van der Waals surface area (Å²) in [6, 6.07) is 15.4. The highest BCUT2D eigenvalue weighted by Crippen LogP contribution is 2.15. The Balaban J connectivity index is 1.61. The molecule has 24 heavy (non-hydrogen) atoms. The number of hydrogen-bond acceptors (Lipinski definition) is 4. The van der Waals surface area contributed by atoms with Crippen molar-refractivity contribution < 1.29 is 4.79 Å². The summed E-state index contributed by atoms with van der Waals surface area (Å²) >= 11 is 0. The van der Waals surface area contributed by atoms with Crippen LogP contribution in [0.5, 0.6) is 0 Å². The molecular weight excluding hydrogens is 300 g/mol. The number of rotatable bonds is 5.